The summed E-state index contributed by atoms with van der Waals surface area (Å²) in [5.74, 6) is -0.699. The number of hydrogen-bond donors (Lipinski definition) is 1. The number of ether oxygens (including phenoxy) is 1. The van der Waals surface area contributed by atoms with Crippen LogP contribution in [0.15, 0.2) is 64.5 Å². The zero-order valence-corrected chi connectivity index (χ0v) is 15.4. The number of hydrogen-bond acceptors (Lipinski definition) is 4. The van der Waals surface area contributed by atoms with Crippen molar-refractivity contribution in [3.63, 3.8) is 0 Å². The Morgan fingerprint density at radius 3 is 2.59 bits per heavy atom. The molecule has 27 heavy (non-hydrogen) atoms. The summed E-state index contributed by atoms with van der Waals surface area (Å²) in [6.07, 6.45) is 1.50. The molecule has 1 aromatic heterocycles. The number of benzene rings is 2. The molecular formula is C19H18ClN4O3+. The van der Waals surface area contributed by atoms with Crippen LogP contribution in [-0.4, -0.2) is 28.8 Å². The van der Waals surface area contributed by atoms with Crippen LogP contribution in [0.5, 0.6) is 0 Å². The number of esters is 1. The van der Waals surface area contributed by atoms with Gasteiger partial charge in [0.2, 0.25) is 0 Å². The van der Waals surface area contributed by atoms with Crippen molar-refractivity contribution in [2.45, 2.75) is 13.5 Å². The Morgan fingerprint density at radius 2 is 1.93 bits per heavy atom. The number of rotatable bonds is 6. The molecular weight excluding hydrogens is 368 g/mol. The fraction of sp³-hybridized carbons (Fsp3) is 0.158. The monoisotopic (exact) mass is 385 g/mol. The normalized spacial score (nSPS) is 11.0. The van der Waals surface area contributed by atoms with Gasteiger partial charge in [-0.1, -0.05) is 64.4 Å². The first kappa shape index (κ1) is 18.6. The number of aromatic nitrogens is 3. The predicted octanol–water partition coefficient (Wildman–Crippen LogP) is 2.22. The van der Waals surface area contributed by atoms with Crippen molar-refractivity contribution in [1.82, 2.24) is 10.0 Å². The van der Waals surface area contributed by atoms with Gasteiger partial charge in [-0.3, -0.25) is 0 Å². The Kier molecular flexibility index (Phi) is 5.83. The first-order valence-corrected chi connectivity index (χ1v) is 8.72. The van der Waals surface area contributed by atoms with Gasteiger partial charge in [0.05, 0.1) is 12.8 Å². The minimum absolute atomic E-state index is 0.117. The molecule has 0 aliphatic rings. The molecule has 0 aliphatic heterocycles. The molecule has 0 spiro atoms. The predicted molar refractivity (Wildman–Crippen MR) is 101 cm³/mol. The van der Waals surface area contributed by atoms with Crippen LogP contribution in [0.1, 0.15) is 28.5 Å². The number of nitrogens with zero attached hydrogens (tertiary/aromatic N) is 3. The number of H-pyrrole nitrogens is 1. The van der Waals surface area contributed by atoms with Gasteiger partial charge in [-0.05, 0) is 30.2 Å². The summed E-state index contributed by atoms with van der Waals surface area (Å²) >= 11 is 5.86. The summed E-state index contributed by atoms with van der Waals surface area (Å²) in [5, 5.41) is 7.54. The highest BCUT2D eigenvalue weighted by Gasteiger charge is 2.29. The van der Waals surface area contributed by atoms with Crippen molar-refractivity contribution in [2.24, 2.45) is 5.10 Å². The highest BCUT2D eigenvalue weighted by atomic mass is 35.5. The minimum Gasteiger partial charge on any atom is -0.459 e. The lowest BCUT2D eigenvalue weighted by Gasteiger charge is -2.00. The Bertz CT molecular complexity index is 1010. The van der Waals surface area contributed by atoms with Crippen molar-refractivity contribution >= 4 is 23.8 Å². The summed E-state index contributed by atoms with van der Waals surface area (Å²) in [4.78, 5) is 25.9. The average Bonchev–Trinajstić information content (AvgIpc) is 2.97. The molecule has 8 heteroatoms. The number of halogens is 1. The van der Waals surface area contributed by atoms with Crippen molar-refractivity contribution in [3.05, 3.63) is 86.8 Å². The van der Waals surface area contributed by atoms with Gasteiger partial charge in [-0.2, -0.15) is 0 Å². The molecule has 1 heterocycles. The van der Waals surface area contributed by atoms with Crippen LogP contribution in [0.4, 0.5) is 0 Å². The zero-order chi connectivity index (χ0) is 19.2. The Hall–Kier alpha value is -3.19. The van der Waals surface area contributed by atoms with Gasteiger partial charge in [0.25, 0.3) is 0 Å². The molecule has 0 atom stereocenters. The van der Waals surface area contributed by atoms with Crippen LogP contribution >= 0.6 is 11.6 Å². The third-order valence-electron chi connectivity index (χ3n) is 3.72. The van der Waals surface area contributed by atoms with Crippen molar-refractivity contribution in [2.75, 3.05) is 6.61 Å². The molecule has 7 nitrogen and oxygen atoms in total. The second-order valence-corrected chi connectivity index (χ2v) is 6.09. The van der Waals surface area contributed by atoms with Crippen molar-refractivity contribution in [1.29, 1.82) is 0 Å². The van der Waals surface area contributed by atoms with Gasteiger partial charge in [0.15, 0.2) is 0 Å². The maximum absolute atomic E-state index is 12.6. The number of carbonyl (C=O) groups is 1. The van der Waals surface area contributed by atoms with Crippen LogP contribution in [-0.2, 0) is 11.3 Å². The number of carbonyl (C=O) groups excluding carboxylic acids is 1. The first-order valence-electron chi connectivity index (χ1n) is 8.34. The molecule has 0 saturated heterocycles. The van der Waals surface area contributed by atoms with E-state index in [4.69, 9.17) is 16.3 Å². The molecule has 0 aliphatic carbocycles. The molecule has 0 amide bonds. The highest BCUT2D eigenvalue weighted by molar-refractivity contribution is 6.30. The molecule has 0 radical (unpaired) electrons. The quantitative estimate of drug-likeness (QED) is 0.401. The Labute approximate surface area is 160 Å². The van der Waals surface area contributed by atoms with E-state index in [0.29, 0.717) is 11.6 Å². The lowest BCUT2D eigenvalue weighted by Crippen LogP contribution is -2.44. The van der Waals surface area contributed by atoms with Crippen LogP contribution in [0.2, 0.25) is 5.02 Å². The fourth-order valence-corrected chi connectivity index (χ4v) is 2.58. The standard InChI is InChI=1S/C19H17ClN4O3/c1-2-27-19(26)17-18(25)24(21-12-14-8-10-16(20)11-9-14)22-23(17)13-15-6-4-3-5-7-15/h3-12H,2,13H2,1H3/p+1/b21-12+. The van der Waals surface area contributed by atoms with Crippen LogP contribution in [0.25, 0.3) is 0 Å². The average molecular weight is 386 g/mol. The van der Waals surface area contributed by atoms with Gasteiger partial charge in [0.1, 0.15) is 6.54 Å². The van der Waals surface area contributed by atoms with Gasteiger partial charge in [-0.15, -0.1) is 4.68 Å². The molecule has 0 unspecified atom stereocenters. The Balaban J connectivity index is 1.97. The summed E-state index contributed by atoms with van der Waals surface area (Å²) in [6.45, 7) is 2.15. The van der Waals surface area contributed by atoms with E-state index in [1.54, 1.807) is 31.2 Å². The third-order valence-corrected chi connectivity index (χ3v) is 3.98. The van der Waals surface area contributed by atoms with Crippen molar-refractivity contribution < 1.29 is 14.2 Å². The highest BCUT2D eigenvalue weighted by Crippen LogP contribution is 2.07. The molecule has 2 aromatic carbocycles. The van der Waals surface area contributed by atoms with Crippen LogP contribution in [0, 0.1) is 0 Å². The topological polar surface area (TPSA) is 80.3 Å². The molecule has 138 valence electrons. The molecule has 0 fully saturated rings. The van der Waals surface area contributed by atoms with E-state index in [1.165, 1.54) is 10.9 Å². The molecule has 3 aromatic rings. The largest absolute Gasteiger partial charge is 0.459 e. The minimum atomic E-state index is -0.699. The molecule has 3 rings (SSSR count). The number of aromatic amines is 1. The van der Waals surface area contributed by atoms with Gasteiger partial charge < -0.3 is 4.74 Å². The van der Waals surface area contributed by atoms with E-state index in [2.05, 4.69) is 10.3 Å². The van der Waals surface area contributed by atoms with E-state index in [1.807, 2.05) is 30.3 Å². The lowest BCUT2D eigenvalue weighted by atomic mass is 10.2. The lowest BCUT2D eigenvalue weighted by molar-refractivity contribution is -0.749. The van der Waals surface area contributed by atoms with Crippen LogP contribution in [0.3, 0.4) is 0 Å². The second kappa shape index (κ2) is 8.46. The van der Waals surface area contributed by atoms with Crippen molar-refractivity contribution in [3.8, 4) is 0 Å². The van der Waals surface area contributed by atoms with Gasteiger partial charge >= 0.3 is 17.2 Å². The van der Waals surface area contributed by atoms with E-state index in [-0.39, 0.29) is 12.3 Å². The van der Waals surface area contributed by atoms with E-state index in [0.717, 1.165) is 15.9 Å². The first-order chi connectivity index (χ1) is 13.1. The third kappa shape index (κ3) is 4.51. The summed E-state index contributed by atoms with van der Waals surface area (Å²) in [7, 11) is 0. The Morgan fingerprint density at radius 1 is 1.22 bits per heavy atom. The zero-order valence-electron chi connectivity index (χ0n) is 14.6. The SMILES string of the molecule is CCOC(=O)c1c(=O)n(/N=C/c2ccc(Cl)cc2)[nH][n+]1Cc1ccccc1. The number of nitrogens with one attached hydrogen (secondary N) is 1. The summed E-state index contributed by atoms with van der Waals surface area (Å²) in [6, 6.07) is 16.4. The van der Waals surface area contributed by atoms with E-state index >= 15 is 0 Å². The summed E-state index contributed by atoms with van der Waals surface area (Å²) in [5.41, 5.74) is 0.972. The summed E-state index contributed by atoms with van der Waals surface area (Å²) < 4.78 is 6.44. The smallest absolute Gasteiger partial charge is 0.434 e. The molecule has 0 saturated carbocycles. The molecule has 0 bridgehead atoms. The second-order valence-electron chi connectivity index (χ2n) is 5.65. The van der Waals surface area contributed by atoms with E-state index in [9.17, 15) is 9.59 Å². The molecule has 1 N–H and O–H groups in total. The fourth-order valence-electron chi connectivity index (χ4n) is 2.45. The van der Waals surface area contributed by atoms with E-state index < -0.39 is 11.5 Å². The van der Waals surface area contributed by atoms with Gasteiger partial charge in [-0.25, -0.2) is 9.59 Å². The van der Waals surface area contributed by atoms with Gasteiger partial charge in [0, 0.05) is 9.81 Å². The maximum Gasteiger partial charge on any atom is 0.434 e. The maximum atomic E-state index is 12.6. The van der Waals surface area contributed by atoms with Crippen LogP contribution < -0.4 is 10.2 Å².